The topological polar surface area (TPSA) is 42.7 Å². The van der Waals surface area contributed by atoms with Gasteiger partial charge in [0.15, 0.2) is 0 Å². The van der Waals surface area contributed by atoms with E-state index in [0.29, 0.717) is 5.92 Å². The Morgan fingerprint density at radius 2 is 2.06 bits per heavy atom. The van der Waals surface area contributed by atoms with Gasteiger partial charge in [0.2, 0.25) is 0 Å². The summed E-state index contributed by atoms with van der Waals surface area (Å²) in [6, 6.07) is 10.6. The van der Waals surface area contributed by atoms with E-state index in [0.717, 1.165) is 25.1 Å². The first-order valence-electron chi connectivity index (χ1n) is 6.34. The lowest BCUT2D eigenvalue weighted by atomic mass is 9.93. The third kappa shape index (κ3) is 3.40. The highest BCUT2D eigenvalue weighted by atomic mass is 15.4. The Hall–Kier alpha value is -1.68. The summed E-state index contributed by atoms with van der Waals surface area (Å²) in [5.74, 6) is 0.526. The molecule has 4 heteroatoms. The second-order valence-corrected chi connectivity index (χ2v) is 4.59. The van der Waals surface area contributed by atoms with Crippen LogP contribution < -0.4 is 5.32 Å². The van der Waals surface area contributed by atoms with Crippen LogP contribution in [0.25, 0.3) is 0 Å². The van der Waals surface area contributed by atoms with E-state index in [1.807, 2.05) is 20.3 Å². The van der Waals surface area contributed by atoms with Gasteiger partial charge in [-0.25, -0.2) is 0 Å². The normalized spacial score (nSPS) is 12.6. The molecule has 0 amide bonds. The maximum absolute atomic E-state index is 4.13. The number of aryl methyl sites for hydroxylation is 2. The highest BCUT2D eigenvalue weighted by molar-refractivity contribution is 5.20. The fourth-order valence-electron chi connectivity index (χ4n) is 2.19. The molecule has 0 saturated heterocycles. The van der Waals surface area contributed by atoms with Crippen molar-refractivity contribution in [2.45, 2.75) is 18.8 Å². The van der Waals surface area contributed by atoms with Crippen LogP contribution in [0.15, 0.2) is 36.5 Å². The number of benzene rings is 1. The Morgan fingerprint density at radius 3 is 2.67 bits per heavy atom. The zero-order valence-electron chi connectivity index (χ0n) is 11.0. The summed E-state index contributed by atoms with van der Waals surface area (Å²) in [6.07, 6.45) is 4.04. The minimum Gasteiger partial charge on any atom is -0.319 e. The average Bonchev–Trinajstić information content (AvgIpc) is 2.81. The Bertz CT molecular complexity index is 464. The molecule has 0 radical (unpaired) electrons. The predicted octanol–water partition coefficient (Wildman–Crippen LogP) is 1.75. The highest BCUT2D eigenvalue weighted by Gasteiger charge is 2.11. The van der Waals surface area contributed by atoms with E-state index < -0.39 is 0 Å². The van der Waals surface area contributed by atoms with Crippen molar-refractivity contribution in [2.75, 3.05) is 13.6 Å². The van der Waals surface area contributed by atoms with Crippen LogP contribution in [0.2, 0.25) is 0 Å². The predicted molar refractivity (Wildman–Crippen MR) is 72.4 cm³/mol. The van der Waals surface area contributed by atoms with E-state index in [-0.39, 0.29) is 0 Å². The fraction of sp³-hybridized carbons (Fsp3) is 0.429. The van der Waals surface area contributed by atoms with Gasteiger partial charge in [-0.15, -0.1) is 5.10 Å². The molecule has 1 aromatic heterocycles. The van der Waals surface area contributed by atoms with E-state index in [9.17, 15) is 0 Å². The summed E-state index contributed by atoms with van der Waals surface area (Å²) in [4.78, 5) is 0. The highest BCUT2D eigenvalue weighted by Crippen LogP contribution is 2.20. The number of nitrogens with zero attached hydrogens (tertiary/aromatic N) is 3. The lowest BCUT2D eigenvalue weighted by Crippen LogP contribution is -2.18. The largest absolute Gasteiger partial charge is 0.319 e. The van der Waals surface area contributed by atoms with Gasteiger partial charge in [-0.1, -0.05) is 35.5 Å². The maximum atomic E-state index is 4.13. The third-order valence-electron chi connectivity index (χ3n) is 3.12. The van der Waals surface area contributed by atoms with Gasteiger partial charge in [-0.05, 0) is 31.4 Å². The van der Waals surface area contributed by atoms with Crippen molar-refractivity contribution in [3.63, 3.8) is 0 Å². The molecular formula is C14H20N4. The van der Waals surface area contributed by atoms with Crippen LogP contribution in [-0.4, -0.2) is 28.6 Å². The van der Waals surface area contributed by atoms with E-state index in [1.165, 1.54) is 5.56 Å². The van der Waals surface area contributed by atoms with Gasteiger partial charge in [-0.2, -0.15) is 0 Å². The molecule has 1 aromatic carbocycles. The van der Waals surface area contributed by atoms with Crippen LogP contribution in [0, 0.1) is 0 Å². The van der Waals surface area contributed by atoms with Crippen molar-refractivity contribution in [2.24, 2.45) is 7.05 Å². The zero-order chi connectivity index (χ0) is 12.8. The van der Waals surface area contributed by atoms with Gasteiger partial charge < -0.3 is 5.32 Å². The van der Waals surface area contributed by atoms with Crippen molar-refractivity contribution in [1.82, 2.24) is 20.3 Å². The van der Waals surface area contributed by atoms with Crippen molar-refractivity contribution in [3.8, 4) is 0 Å². The number of hydrogen-bond acceptors (Lipinski definition) is 3. The smallest absolute Gasteiger partial charge is 0.0827 e. The first-order valence-corrected chi connectivity index (χ1v) is 6.34. The molecule has 4 nitrogen and oxygen atoms in total. The Balaban J connectivity index is 1.98. The number of likely N-dealkylation sites (N-methyl/N-ethyl adjacent to an activating group) is 1. The zero-order valence-corrected chi connectivity index (χ0v) is 11.0. The Kier molecular flexibility index (Phi) is 4.47. The molecule has 2 rings (SSSR count). The number of nitrogens with one attached hydrogen (secondary N) is 1. The van der Waals surface area contributed by atoms with Crippen molar-refractivity contribution < 1.29 is 0 Å². The molecule has 1 N–H and O–H groups in total. The fourth-order valence-corrected chi connectivity index (χ4v) is 2.19. The van der Waals surface area contributed by atoms with Gasteiger partial charge in [-0.3, -0.25) is 4.68 Å². The summed E-state index contributed by atoms with van der Waals surface area (Å²) in [7, 11) is 3.90. The molecular weight excluding hydrogens is 224 g/mol. The molecule has 0 fully saturated rings. The molecule has 1 heterocycles. The lowest BCUT2D eigenvalue weighted by molar-refractivity contribution is 0.579. The molecule has 0 bridgehead atoms. The minimum atomic E-state index is 0.526. The van der Waals surface area contributed by atoms with Gasteiger partial charge in [0.1, 0.15) is 0 Å². The van der Waals surface area contributed by atoms with Crippen LogP contribution in [-0.2, 0) is 13.5 Å². The SMILES string of the molecule is CNCC(CCc1cn(C)nn1)c1ccccc1. The summed E-state index contributed by atoms with van der Waals surface area (Å²) < 4.78 is 1.75. The molecule has 96 valence electrons. The summed E-state index contributed by atoms with van der Waals surface area (Å²) in [5, 5.41) is 11.4. The second kappa shape index (κ2) is 6.31. The second-order valence-electron chi connectivity index (χ2n) is 4.59. The Morgan fingerprint density at radius 1 is 1.28 bits per heavy atom. The van der Waals surface area contributed by atoms with Crippen LogP contribution in [0.3, 0.4) is 0 Å². The quantitative estimate of drug-likeness (QED) is 0.842. The van der Waals surface area contributed by atoms with Crippen molar-refractivity contribution in [3.05, 3.63) is 47.8 Å². The molecule has 0 aliphatic heterocycles. The molecule has 1 unspecified atom stereocenters. The van der Waals surface area contributed by atoms with E-state index in [4.69, 9.17) is 0 Å². The molecule has 2 aromatic rings. The molecule has 1 atom stereocenters. The van der Waals surface area contributed by atoms with Crippen molar-refractivity contribution >= 4 is 0 Å². The van der Waals surface area contributed by atoms with Gasteiger partial charge in [0.05, 0.1) is 5.69 Å². The van der Waals surface area contributed by atoms with E-state index >= 15 is 0 Å². The molecule has 0 saturated carbocycles. The van der Waals surface area contributed by atoms with Crippen molar-refractivity contribution in [1.29, 1.82) is 0 Å². The van der Waals surface area contributed by atoms with Gasteiger partial charge in [0, 0.05) is 19.8 Å². The van der Waals surface area contributed by atoms with Crippen LogP contribution in [0.5, 0.6) is 0 Å². The standard InChI is InChI=1S/C14H20N4/c1-15-10-13(12-6-4-3-5-7-12)8-9-14-11-18(2)17-16-14/h3-7,11,13,15H,8-10H2,1-2H3. The van der Waals surface area contributed by atoms with Crippen LogP contribution in [0.4, 0.5) is 0 Å². The summed E-state index contributed by atoms with van der Waals surface area (Å²) >= 11 is 0. The maximum Gasteiger partial charge on any atom is 0.0827 e. The molecule has 0 aliphatic rings. The summed E-state index contributed by atoms with van der Waals surface area (Å²) in [5.41, 5.74) is 2.45. The summed E-state index contributed by atoms with van der Waals surface area (Å²) in [6.45, 7) is 0.990. The average molecular weight is 244 g/mol. The Labute approximate surface area is 108 Å². The van der Waals surface area contributed by atoms with Gasteiger partial charge in [0.25, 0.3) is 0 Å². The van der Waals surface area contributed by atoms with Crippen LogP contribution >= 0.6 is 0 Å². The monoisotopic (exact) mass is 244 g/mol. The molecule has 0 aliphatic carbocycles. The number of rotatable bonds is 6. The first-order chi connectivity index (χ1) is 8.79. The molecule has 0 spiro atoms. The third-order valence-corrected chi connectivity index (χ3v) is 3.12. The van der Waals surface area contributed by atoms with E-state index in [1.54, 1.807) is 4.68 Å². The van der Waals surface area contributed by atoms with E-state index in [2.05, 4.69) is 46.0 Å². The van der Waals surface area contributed by atoms with Crippen LogP contribution in [0.1, 0.15) is 23.6 Å². The first kappa shape index (κ1) is 12.8. The minimum absolute atomic E-state index is 0.526. The van der Waals surface area contributed by atoms with Gasteiger partial charge >= 0.3 is 0 Å². The lowest BCUT2D eigenvalue weighted by Gasteiger charge is -2.16. The number of hydrogen-bond donors (Lipinski definition) is 1. The number of aromatic nitrogens is 3. The molecule has 18 heavy (non-hydrogen) atoms.